The van der Waals surface area contributed by atoms with Gasteiger partial charge in [-0.2, -0.15) is 13.2 Å². The molecular weight excluding hydrogens is 335 g/mol. The summed E-state index contributed by atoms with van der Waals surface area (Å²) in [5.41, 5.74) is 1.71. The number of hydrogen-bond donors (Lipinski definition) is 0. The monoisotopic (exact) mass is 351 g/mol. The van der Waals surface area contributed by atoms with Gasteiger partial charge >= 0.3 is 6.18 Å². The second-order valence-electron chi connectivity index (χ2n) is 5.71. The third-order valence-corrected chi connectivity index (χ3v) is 5.23. The van der Waals surface area contributed by atoms with Gasteiger partial charge in [-0.3, -0.25) is 4.79 Å². The zero-order valence-corrected chi connectivity index (χ0v) is 13.8. The van der Waals surface area contributed by atoms with E-state index in [1.807, 2.05) is 19.1 Å². The Hall–Kier alpha value is -1.95. The fourth-order valence-electron chi connectivity index (χ4n) is 2.65. The van der Waals surface area contributed by atoms with Crippen LogP contribution in [0.25, 0.3) is 0 Å². The summed E-state index contributed by atoms with van der Waals surface area (Å²) in [7, 11) is 0. The molecule has 24 heavy (non-hydrogen) atoms. The van der Waals surface area contributed by atoms with Gasteiger partial charge in [-0.25, -0.2) is 0 Å². The number of alkyl halides is 3. The summed E-state index contributed by atoms with van der Waals surface area (Å²) in [6.07, 6.45) is -4.35. The van der Waals surface area contributed by atoms with E-state index in [9.17, 15) is 18.0 Å². The molecule has 0 aromatic heterocycles. The number of rotatable bonds is 2. The van der Waals surface area contributed by atoms with E-state index in [0.29, 0.717) is 17.7 Å². The summed E-state index contributed by atoms with van der Waals surface area (Å²) in [6, 6.07) is 12.4. The van der Waals surface area contributed by atoms with Crippen LogP contribution in [0.5, 0.6) is 0 Å². The van der Waals surface area contributed by atoms with Crippen molar-refractivity contribution in [2.45, 2.75) is 18.5 Å². The van der Waals surface area contributed by atoms with Gasteiger partial charge in [-0.15, -0.1) is 11.8 Å². The maximum absolute atomic E-state index is 12.7. The molecule has 2 nitrogen and oxygen atoms in total. The van der Waals surface area contributed by atoms with Gasteiger partial charge in [0.2, 0.25) is 0 Å². The van der Waals surface area contributed by atoms with Crippen LogP contribution in [0, 0.1) is 6.92 Å². The molecule has 0 saturated carbocycles. The highest BCUT2D eigenvalue weighted by atomic mass is 32.2. The highest BCUT2D eigenvalue weighted by Crippen LogP contribution is 2.39. The lowest BCUT2D eigenvalue weighted by molar-refractivity contribution is -0.137. The molecule has 1 saturated heterocycles. The van der Waals surface area contributed by atoms with Crippen molar-refractivity contribution in [1.82, 2.24) is 4.90 Å². The van der Waals surface area contributed by atoms with Gasteiger partial charge in [0.15, 0.2) is 0 Å². The minimum atomic E-state index is -4.35. The van der Waals surface area contributed by atoms with E-state index >= 15 is 0 Å². The number of hydrogen-bond acceptors (Lipinski definition) is 2. The Bertz CT molecular complexity index is 725. The molecule has 0 radical (unpaired) electrons. The molecule has 6 heteroatoms. The zero-order valence-electron chi connectivity index (χ0n) is 13.0. The van der Waals surface area contributed by atoms with Crippen LogP contribution in [0.15, 0.2) is 48.5 Å². The van der Waals surface area contributed by atoms with Gasteiger partial charge in [-0.05, 0) is 36.8 Å². The van der Waals surface area contributed by atoms with Crippen molar-refractivity contribution in [2.24, 2.45) is 0 Å². The summed E-state index contributed by atoms with van der Waals surface area (Å²) in [5.74, 6) is 0.674. The molecule has 1 heterocycles. The maximum Gasteiger partial charge on any atom is 0.416 e. The fraction of sp³-hybridized carbons (Fsp3) is 0.278. The normalized spacial score (nSPS) is 18.0. The third kappa shape index (κ3) is 3.43. The van der Waals surface area contributed by atoms with Crippen molar-refractivity contribution < 1.29 is 18.0 Å². The van der Waals surface area contributed by atoms with Crippen molar-refractivity contribution in [2.75, 3.05) is 12.3 Å². The second kappa shape index (κ2) is 6.51. The van der Waals surface area contributed by atoms with E-state index in [4.69, 9.17) is 0 Å². The van der Waals surface area contributed by atoms with Crippen LogP contribution < -0.4 is 0 Å². The summed E-state index contributed by atoms with van der Waals surface area (Å²) in [5, 5.41) is -0.249. The Labute approximate surface area is 142 Å². The van der Waals surface area contributed by atoms with E-state index in [-0.39, 0.29) is 11.3 Å². The topological polar surface area (TPSA) is 20.3 Å². The number of carbonyl (C=O) groups excluding carboxylic acids is 1. The van der Waals surface area contributed by atoms with Crippen LogP contribution in [0.2, 0.25) is 0 Å². The van der Waals surface area contributed by atoms with E-state index < -0.39 is 11.7 Å². The lowest BCUT2D eigenvalue weighted by Gasteiger charge is -2.24. The Morgan fingerprint density at radius 1 is 1.08 bits per heavy atom. The van der Waals surface area contributed by atoms with Crippen molar-refractivity contribution in [3.8, 4) is 0 Å². The molecule has 0 spiro atoms. The first-order valence-corrected chi connectivity index (χ1v) is 8.57. The molecule has 0 bridgehead atoms. The molecule has 0 aliphatic carbocycles. The van der Waals surface area contributed by atoms with E-state index in [2.05, 4.69) is 0 Å². The molecule has 1 unspecified atom stereocenters. The van der Waals surface area contributed by atoms with Gasteiger partial charge in [-0.1, -0.05) is 29.8 Å². The Balaban J connectivity index is 1.82. The SMILES string of the molecule is Cc1ccc(C(=O)N2CCSC2c2ccc(C(F)(F)F)cc2)cc1. The summed E-state index contributed by atoms with van der Waals surface area (Å²) >= 11 is 1.57. The molecule has 1 aliphatic heterocycles. The van der Waals surface area contributed by atoms with E-state index in [1.54, 1.807) is 28.8 Å². The average Bonchev–Trinajstić information content (AvgIpc) is 3.04. The van der Waals surface area contributed by atoms with Gasteiger partial charge < -0.3 is 4.90 Å². The number of thioether (sulfide) groups is 1. The fourth-order valence-corrected chi connectivity index (χ4v) is 3.91. The largest absolute Gasteiger partial charge is 0.416 e. The summed E-state index contributed by atoms with van der Waals surface area (Å²) in [6.45, 7) is 2.54. The lowest BCUT2D eigenvalue weighted by atomic mass is 10.1. The standard InChI is InChI=1S/C18H16F3NOS/c1-12-2-4-13(5-3-12)16(23)22-10-11-24-17(22)14-6-8-15(9-7-14)18(19,20)21/h2-9,17H,10-11H2,1H3. The molecule has 1 amide bonds. The third-order valence-electron chi connectivity index (χ3n) is 3.97. The highest BCUT2D eigenvalue weighted by molar-refractivity contribution is 7.99. The van der Waals surface area contributed by atoms with Crippen molar-refractivity contribution in [1.29, 1.82) is 0 Å². The van der Waals surface area contributed by atoms with Gasteiger partial charge in [0, 0.05) is 17.9 Å². The first-order chi connectivity index (χ1) is 11.4. The number of benzene rings is 2. The van der Waals surface area contributed by atoms with E-state index in [0.717, 1.165) is 23.4 Å². The number of amides is 1. The number of halogens is 3. The minimum Gasteiger partial charge on any atom is -0.322 e. The zero-order chi connectivity index (χ0) is 17.3. The quantitative estimate of drug-likeness (QED) is 0.767. The lowest BCUT2D eigenvalue weighted by Crippen LogP contribution is -2.30. The van der Waals surface area contributed by atoms with Crippen LogP contribution in [0.3, 0.4) is 0 Å². The van der Waals surface area contributed by atoms with E-state index in [1.165, 1.54) is 12.1 Å². The molecule has 2 aromatic carbocycles. The Kier molecular flexibility index (Phi) is 4.58. The molecule has 2 aromatic rings. The molecule has 1 atom stereocenters. The summed E-state index contributed by atoms with van der Waals surface area (Å²) in [4.78, 5) is 14.4. The predicted octanol–water partition coefficient (Wildman–Crippen LogP) is 4.90. The number of nitrogens with zero attached hydrogens (tertiary/aromatic N) is 1. The van der Waals surface area contributed by atoms with Gasteiger partial charge in [0.25, 0.3) is 5.91 Å². The van der Waals surface area contributed by atoms with Crippen LogP contribution in [-0.4, -0.2) is 23.1 Å². The molecule has 126 valence electrons. The molecule has 0 N–H and O–H groups in total. The van der Waals surface area contributed by atoms with Crippen LogP contribution in [0.1, 0.15) is 32.4 Å². The van der Waals surface area contributed by atoms with Crippen LogP contribution >= 0.6 is 11.8 Å². The van der Waals surface area contributed by atoms with Crippen molar-refractivity contribution >= 4 is 17.7 Å². The van der Waals surface area contributed by atoms with Gasteiger partial charge in [0.05, 0.1) is 5.56 Å². The first-order valence-electron chi connectivity index (χ1n) is 7.52. The highest BCUT2D eigenvalue weighted by Gasteiger charge is 2.33. The Morgan fingerprint density at radius 2 is 1.71 bits per heavy atom. The molecule has 3 rings (SSSR count). The van der Waals surface area contributed by atoms with Crippen molar-refractivity contribution in [3.05, 3.63) is 70.8 Å². The number of aryl methyl sites for hydroxylation is 1. The van der Waals surface area contributed by atoms with Crippen LogP contribution in [0.4, 0.5) is 13.2 Å². The maximum atomic E-state index is 12.7. The Morgan fingerprint density at radius 3 is 2.29 bits per heavy atom. The molecule has 1 aliphatic rings. The molecular formula is C18H16F3NOS. The average molecular weight is 351 g/mol. The smallest absolute Gasteiger partial charge is 0.322 e. The van der Waals surface area contributed by atoms with Gasteiger partial charge in [0.1, 0.15) is 5.37 Å². The minimum absolute atomic E-state index is 0.0927. The molecule has 1 fully saturated rings. The van der Waals surface area contributed by atoms with Crippen LogP contribution in [-0.2, 0) is 6.18 Å². The predicted molar refractivity (Wildman–Crippen MR) is 88.9 cm³/mol. The second-order valence-corrected chi connectivity index (χ2v) is 6.90. The summed E-state index contributed by atoms with van der Waals surface area (Å²) < 4.78 is 38.1. The first kappa shape index (κ1) is 16.9. The number of carbonyl (C=O) groups is 1. The van der Waals surface area contributed by atoms with Crippen molar-refractivity contribution in [3.63, 3.8) is 0 Å².